The van der Waals surface area contributed by atoms with Crippen LogP contribution in [0.5, 0.6) is 0 Å². The molecule has 1 aromatic carbocycles. The van der Waals surface area contributed by atoms with Crippen molar-refractivity contribution in [2.24, 2.45) is 23.7 Å². The van der Waals surface area contributed by atoms with Crippen LogP contribution < -0.4 is 4.83 Å². The molecule has 1 aromatic rings. The maximum absolute atomic E-state index is 14.5. The second-order valence-electron chi connectivity index (χ2n) is 16.2. The fourth-order valence-corrected chi connectivity index (χ4v) is 9.06. The number of Topliss-reactive ketones (excluding diaryl/α,β-unsaturated/α-hetero) is 2. The molecule has 4 rings (SSSR count). The zero-order valence-electron chi connectivity index (χ0n) is 34.5. The molecule has 13 atom stereocenters. The van der Waals surface area contributed by atoms with Crippen molar-refractivity contribution in [3.05, 3.63) is 35.9 Å². The first-order valence-electron chi connectivity index (χ1n) is 19.1. The second-order valence-corrected chi connectivity index (χ2v) is 17.9. The average Bonchev–Trinajstić information content (AvgIpc) is 3.38. The van der Waals surface area contributed by atoms with E-state index >= 15 is 0 Å². The predicted octanol–water partition coefficient (Wildman–Crippen LogP) is 3.52. The summed E-state index contributed by atoms with van der Waals surface area (Å²) in [5.74, 6) is -6.83. The minimum atomic E-state index is -4.05. The monoisotopic (exact) mass is 809 g/mol. The number of carbonyl (C=O) groups is 5. The van der Waals surface area contributed by atoms with Gasteiger partial charge >= 0.3 is 18.0 Å². The number of fused-ring (bicyclic) bond motifs is 1. The van der Waals surface area contributed by atoms with Gasteiger partial charge in [-0.2, -0.15) is 0 Å². The summed E-state index contributed by atoms with van der Waals surface area (Å²) in [5.41, 5.74) is -2.82. The van der Waals surface area contributed by atoms with E-state index in [1.807, 2.05) is 25.9 Å². The molecule has 0 unspecified atom stereocenters. The van der Waals surface area contributed by atoms with E-state index in [-0.39, 0.29) is 25.0 Å². The van der Waals surface area contributed by atoms with Crippen LogP contribution in [-0.4, -0.2) is 129 Å². The lowest BCUT2D eigenvalue weighted by molar-refractivity contribution is -0.294. The lowest BCUT2D eigenvalue weighted by Gasteiger charge is -2.47. The Morgan fingerprint density at radius 2 is 1.62 bits per heavy atom. The maximum Gasteiger partial charge on any atom is 0.426 e. The average molecular weight is 810 g/mol. The molecule has 17 heteroatoms. The molecule has 16 nitrogen and oxygen atoms in total. The van der Waals surface area contributed by atoms with Crippen molar-refractivity contribution < 1.29 is 60.8 Å². The van der Waals surface area contributed by atoms with Gasteiger partial charge < -0.3 is 33.3 Å². The molecule has 1 N–H and O–H groups in total. The number of amides is 1. The highest BCUT2D eigenvalue weighted by Crippen LogP contribution is 2.42. The van der Waals surface area contributed by atoms with Crippen molar-refractivity contribution in [3.63, 3.8) is 0 Å². The van der Waals surface area contributed by atoms with E-state index in [4.69, 9.17) is 28.4 Å². The lowest BCUT2D eigenvalue weighted by atomic mass is 9.73. The number of rotatable bonds is 9. The summed E-state index contributed by atoms with van der Waals surface area (Å²) >= 11 is 0. The standard InChI is InChI=1S/C39H59N3O13S/c1-13-28-39(8)32(42(37(47)55-39)40-56(12,48)49)23(4)29(43)21(2)20-38(7,50-11)33(24(5)30(44)25(6)34(45)52-28)54-36-31(27(41(9)10)19-22(3)51-36)53-35(46)26-17-15-14-16-18-26/h14-18,21-25,27-28,31-33,36,40H,13,19-20H2,1-12H3/t21-,22-,23-,24+,25-,27+,28+,31-,32-,33-,36+,38-,39-/m1/s1. The summed E-state index contributed by atoms with van der Waals surface area (Å²) < 4.78 is 62.1. The number of ether oxygens (including phenoxy) is 6. The van der Waals surface area contributed by atoms with Crippen LogP contribution in [0.15, 0.2) is 30.3 Å². The smallest absolute Gasteiger partial charge is 0.426 e. The first kappa shape index (κ1) is 45.2. The van der Waals surface area contributed by atoms with Crippen molar-refractivity contribution in [2.75, 3.05) is 27.5 Å². The van der Waals surface area contributed by atoms with Crippen molar-refractivity contribution in [1.29, 1.82) is 0 Å². The Labute approximate surface area is 330 Å². The van der Waals surface area contributed by atoms with Crippen LogP contribution in [0.25, 0.3) is 0 Å². The topological polar surface area (TPSA) is 193 Å². The number of ketones is 2. The van der Waals surface area contributed by atoms with E-state index in [1.165, 1.54) is 21.0 Å². The zero-order valence-corrected chi connectivity index (χ0v) is 35.3. The molecular weight excluding hydrogens is 751 g/mol. The van der Waals surface area contributed by atoms with Gasteiger partial charge in [-0.15, -0.1) is 4.83 Å². The molecule has 0 aliphatic carbocycles. The van der Waals surface area contributed by atoms with Crippen LogP contribution in [0.1, 0.15) is 85.0 Å². The molecule has 3 fully saturated rings. The maximum atomic E-state index is 14.5. The highest BCUT2D eigenvalue weighted by atomic mass is 32.2. The van der Waals surface area contributed by atoms with Gasteiger partial charge in [0.1, 0.15) is 23.8 Å². The molecule has 1 amide bonds. The van der Waals surface area contributed by atoms with Gasteiger partial charge in [0.2, 0.25) is 10.0 Å². The zero-order chi connectivity index (χ0) is 42.1. The first-order chi connectivity index (χ1) is 26.0. The summed E-state index contributed by atoms with van der Waals surface area (Å²) in [6, 6.07) is 6.83. The van der Waals surface area contributed by atoms with Crippen LogP contribution >= 0.6 is 0 Å². The Morgan fingerprint density at radius 1 is 1.00 bits per heavy atom. The van der Waals surface area contributed by atoms with E-state index in [2.05, 4.69) is 4.83 Å². The Bertz CT molecular complexity index is 1730. The van der Waals surface area contributed by atoms with E-state index in [9.17, 15) is 32.4 Å². The Balaban J connectivity index is 1.83. The van der Waals surface area contributed by atoms with Gasteiger partial charge in [-0.25, -0.2) is 23.0 Å². The highest BCUT2D eigenvalue weighted by Gasteiger charge is 2.61. The molecule has 3 aliphatic rings. The van der Waals surface area contributed by atoms with Crippen molar-refractivity contribution in [1.82, 2.24) is 14.7 Å². The number of methoxy groups -OCH3 is 1. The van der Waals surface area contributed by atoms with Gasteiger partial charge in [0.15, 0.2) is 23.8 Å². The number of hydrogen-bond acceptors (Lipinski definition) is 14. The number of benzene rings is 1. The SMILES string of the molecule is CC[C@@H]1OC(=O)[C@H](C)C(=O)[C@H](C)[C@@H](O[C@@H]2O[C@H](C)C[C@H](N(C)C)[C@H]2OC(=O)c2ccccc2)[C@](C)(OC)C[C@@H](C)C(=O)[C@@H](C)[C@H]2N(NS(C)(=O)=O)C(=O)O[C@]12C. The quantitative estimate of drug-likeness (QED) is 0.216. The third-order valence-corrected chi connectivity index (χ3v) is 12.1. The van der Waals surface area contributed by atoms with Gasteiger partial charge in [0.25, 0.3) is 0 Å². The molecule has 0 saturated carbocycles. The van der Waals surface area contributed by atoms with E-state index in [0.717, 1.165) is 11.3 Å². The Kier molecular flexibility index (Phi) is 14.2. The summed E-state index contributed by atoms with van der Waals surface area (Å²) in [5, 5.41) is 0.755. The van der Waals surface area contributed by atoms with Crippen molar-refractivity contribution in [2.45, 2.75) is 129 Å². The molecule has 3 saturated heterocycles. The van der Waals surface area contributed by atoms with Crippen LogP contribution in [0.4, 0.5) is 4.79 Å². The predicted molar refractivity (Wildman–Crippen MR) is 202 cm³/mol. The minimum Gasteiger partial charge on any atom is -0.458 e. The molecular formula is C39H59N3O13S. The fourth-order valence-electron chi connectivity index (χ4n) is 8.52. The molecule has 314 valence electrons. The van der Waals surface area contributed by atoms with E-state index in [1.54, 1.807) is 65.0 Å². The summed E-state index contributed by atoms with van der Waals surface area (Å²) in [6.07, 6.45) is -4.63. The number of carbonyl (C=O) groups excluding carboxylic acids is 5. The number of nitrogens with zero attached hydrogens (tertiary/aromatic N) is 2. The third kappa shape index (κ3) is 9.45. The molecule has 0 spiro atoms. The van der Waals surface area contributed by atoms with Crippen LogP contribution in [0, 0.1) is 23.7 Å². The fraction of sp³-hybridized carbons (Fsp3) is 0.718. The molecule has 0 radical (unpaired) electrons. The summed E-state index contributed by atoms with van der Waals surface area (Å²) in [6.45, 7) is 12.9. The van der Waals surface area contributed by atoms with Gasteiger partial charge in [-0.05, 0) is 73.2 Å². The van der Waals surface area contributed by atoms with Crippen molar-refractivity contribution in [3.8, 4) is 0 Å². The number of sulfonamides is 1. The minimum absolute atomic E-state index is 0.0312. The molecule has 56 heavy (non-hydrogen) atoms. The van der Waals surface area contributed by atoms with Gasteiger partial charge in [0.05, 0.1) is 35.7 Å². The van der Waals surface area contributed by atoms with Gasteiger partial charge in [-0.3, -0.25) is 14.4 Å². The Morgan fingerprint density at radius 3 is 2.18 bits per heavy atom. The van der Waals surface area contributed by atoms with Crippen LogP contribution in [0.3, 0.4) is 0 Å². The number of esters is 2. The van der Waals surface area contributed by atoms with Crippen molar-refractivity contribution >= 4 is 39.6 Å². The normalized spacial score (nSPS) is 37.7. The number of likely N-dealkylation sites (N-methyl/N-ethyl adjacent to an activating group) is 1. The van der Waals surface area contributed by atoms with Crippen LogP contribution in [-0.2, 0) is 52.8 Å². The number of nitrogens with one attached hydrogen (secondary N) is 1. The Hall–Kier alpha value is -3.48. The number of hydrazine groups is 1. The number of cyclic esters (lactones) is 1. The van der Waals surface area contributed by atoms with E-state index in [0.29, 0.717) is 12.0 Å². The highest BCUT2D eigenvalue weighted by molar-refractivity contribution is 7.88. The third-order valence-electron chi connectivity index (χ3n) is 11.6. The van der Waals surface area contributed by atoms with Gasteiger partial charge in [-0.1, -0.05) is 45.9 Å². The van der Waals surface area contributed by atoms with Crippen LogP contribution in [0.2, 0.25) is 0 Å². The van der Waals surface area contributed by atoms with Gasteiger partial charge in [0, 0.05) is 24.9 Å². The van der Waals surface area contributed by atoms with E-state index < -0.39 is 105 Å². The molecule has 3 heterocycles. The largest absolute Gasteiger partial charge is 0.458 e. The molecule has 0 aromatic heterocycles. The first-order valence-corrected chi connectivity index (χ1v) is 20.9. The second kappa shape index (κ2) is 17.6. The number of hydrogen-bond donors (Lipinski definition) is 1. The summed E-state index contributed by atoms with van der Waals surface area (Å²) in [4.78, 5) is 73.7. The molecule has 3 aliphatic heterocycles. The lowest BCUT2D eigenvalue weighted by Crippen LogP contribution is -2.62. The molecule has 0 bridgehead atoms. The summed E-state index contributed by atoms with van der Waals surface area (Å²) in [7, 11) is 1.07.